The van der Waals surface area contributed by atoms with Gasteiger partial charge in [-0.1, -0.05) is 18.2 Å². The Bertz CT molecular complexity index is 1010. The van der Waals surface area contributed by atoms with Crippen molar-refractivity contribution in [3.05, 3.63) is 65.4 Å². The van der Waals surface area contributed by atoms with E-state index < -0.39 is 17.6 Å². The number of carboxylic acid groups (broad SMARTS) is 1. The minimum atomic E-state index is -1.09. The summed E-state index contributed by atoms with van der Waals surface area (Å²) >= 11 is 0. The molecule has 0 bridgehead atoms. The van der Waals surface area contributed by atoms with Crippen LogP contribution in [0, 0.1) is 0 Å². The largest absolute Gasteiger partial charge is 0.508 e. The van der Waals surface area contributed by atoms with Crippen molar-refractivity contribution in [1.82, 2.24) is 4.98 Å². The Hall–Kier alpha value is -3.41. The monoisotopic (exact) mass is 351 g/mol. The fraction of sp³-hybridized carbons (Fsp3) is 0.150. The number of Topliss-reactive ketones (excluding diaryl/α,β-unsaturated/α-hetero) is 1. The van der Waals surface area contributed by atoms with Gasteiger partial charge in [0.25, 0.3) is 0 Å². The van der Waals surface area contributed by atoms with Crippen molar-refractivity contribution in [1.29, 1.82) is 0 Å². The standard InChI is InChI=1S/C20H17NO5/c1-11(22)12-6-7-17(23)19(20(12)26)15(10-18(24)25)13-8-9-21-16-5-3-2-4-14(13)16/h2-9,15,23,26H,10H2,1H3,(H,24,25)/t15-/m1/s1. The molecule has 0 fully saturated rings. The quantitative estimate of drug-likeness (QED) is 0.608. The van der Waals surface area contributed by atoms with Gasteiger partial charge in [-0.25, -0.2) is 0 Å². The van der Waals surface area contributed by atoms with Crippen LogP contribution in [0.1, 0.15) is 40.7 Å². The molecular formula is C20H17NO5. The first-order valence-electron chi connectivity index (χ1n) is 8.01. The molecule has 1 heterocycles. The molecule has 0 aliphatic rings. The number of carbonyl (C=O) groups is 2. The van der Waals surface area contributed by atoms with Crippen LogP contribution in [0.5, 0.6) is 11.5 Å². The van der Waals surface area contributed by atoms with Crippen LogP contribution in [0.2, 0.25) is 0 Å². The van der Waals surface area contributed by atoms with Gasteiger partial charge >= 0.3 is 5.97 Å². The molecule has 6 heteroatoms. The zero-order valence-corrected chi connectivity index (χ0v) is 14.0. The SMILES string of the molecule is CC(=O)c1ccc(O)c([C@H](CC(=O)O)c2ccnc3ccccc23)c1O. The van der Waals surface area contributed by atoms with Crippen LogP contribution in [0.15, 0.2) is 48.7 Å². The lowest BCUT2D eigenvalue weighted by Gasteiger charge is -2.21. The summed E-state index contributed by atoms with van der Waals surface area (Å²) in [7, 11) is 0. The number of aromatic hydroxyl groups is 2. The predicted octanol–water partition coefficient (Wildman–Crippen LogP) is 3.46. The summed E-state index contributed by atoms with van der Waals surface area (Å²) < 4.78 is 0. The number of phenols is 2. The highest BCUT2D eigenvalue weighted by atomic mass is 16.4. The first kappa shape index (κ1) is 17.4. The number of hydrogen-bond acceptors (Lipinski definition) is 5. The molecule has 0 amide bonds. The maximum absolute atomic E-state index is 11.8. The first-order valence-corrected chi connectivity index (χ1v) is 8.01. The Morgan fingerprint density at radius 3 is 2.50 bits per heavy atom. The highest BCUT2D eigenvalue weighted by Gasteiger charge is 2.28. The third-order valence-electron chi connectivity index (χ3n) is 4.36. The molecule has 132 valence electrons. The summed E-state index contributed by atoms with van der Waals surface area (Å²) in [5.41, 5.74) is 1.33. The van der Waals surface area contributed by atoms with E-state index in [2.05, 4.69) is 4.98 Å². The van der Waals surface area contributed by atoms with Crippen molar-refractivity contribution in [2.75, 3.05) is 0 Å². The number of carbonyl (C=O) groups excluding carboxylic acids is 1. The summed E-state index contributed by atoms with van der Waals surface area (Å²) in [6, 6.07) is 11.5. The molecule has 2 aromatic carbocycles. The van der Waals surface area contributed by atoms with Gasteiger partial charge in [-0.15, -0.1) is 0 Å². The summed E-state index contributed by atoms with van der Waals surface area (Å²) in [4.78, 5) is 27.5. The van der Waals surface area contributed by atoms with Crippen molar-refractivity contribution in [3.63, 3.8) is 0 Å². The molecule has 0 unspecified atom stereocenters. The molecule has 0 saturated heterocycles. The van der Waals surface area contributed by atoms with E-state index >= 15 is 0 Å². The molecule has 0 radical (unpaired) electrons. The molecule has 0 aliphatic carbocycles. The van der Waals surface area contributed by atoms with Crippen LogP contribution in [0.3, 0.4) is 0 Å². The third-order valence-corrected chi connectivity index (χ3v) is 4.36. The number of aromatic nitrogens is 1. The number of nitrogens with zero attached hydrogens (tertiary/aromatic N) is 1. The number of fused-ring (bicyclic) bond motifs is 1. The Kier molecular flexibility index (Phi) is 4.58. The Balaban J connectivity index is 2.30. The van der Waals surface area contributed by atoms with Gasteiger partial charge in [-0.2, -0.15) is 0 Å². The molecule has 3 rings (SSSR count). The molecule has 0 aliphatic heterocycles. The number of benzene rings is 2. The van der Waals surface area contributed by atoms with E-state index in [0.29, 0.717) is 16.5 Å². The number of ketones is 1. The number of hydrogen-bond donors (Lipinski definition) is 3. The third kappa shape index (κ3) is 3.09. The summed E-state index contributed by atoms with van der Waals surface area (Å²) in [5.74, 6) is -2.98. The summed E-state index contributed by atoms with van der Waals surface area (Å²) in [6.07, 6.45) is 1.19. The van der Waals surface area contributed by atoms with E-state index in [1.165, 1.54) is 19.1 Å². The summed E-state index contributed by atoms with van der Waals surface area (Å²) in [5, 5.41) is 31.0. The zero-order chi connectivity index (χ0) is 18.8. The van der Waals surface area contributed by atoms with Gasteiger partial charge in [-0.3, -0.25) is 14.6 Å². The van der Waals surface area contributed by atoms with Crippen LogP contribution in [-0.2, 0) is 4.79 Å². The molecule has 3 N–H and O–H groups in total. The fourth-order valence-electron chi connectivity index (χ4n) is 3.19. The summed E-state index contributed by atoms with van der Waals surface area (Å²) in [6.45, 7) is 1.30. The average Bonchev–Trinajstić information content (AvgIpc) is 2.59. The van der Waals surface area contributed by atoms with Crippen molar-refractivity contribution >= 4 is 22.7 Å². The number of phenolic OH excluding ortho intramolecular Hbond substituents is 2. The lowest BCUT2D eigenvalue weighted by Crippen LogP contribution is -2.10. The van der Waals surface area contributed by atoms with E-state index in [9.17, 15) is 24.9 Å². The van der Waals surface area contributed by atoms with Gasteiger partial charge < -0.3 is 15.3 Å². The van der Waals surface area contributed by atoms with Crippen LogP contribution >= 0.6 is 0 Å². The highest BCUT2D eigenvalue weighted by Crippen LogP contribution is 2.43. The Morgan fingerprint density at radius 2 is 1.81 bits per heavy atom. The maximum Gasteiger partial charge on any atom is 0.304 e. The maximum atomic E-state index is 11.8. The van der Waals surface area contributed by atoms with Crippen molar-refractivity contribution < 1.29 is 24.9 Å². The molecule has 26 heavy (non-hydrogen) atoms. The van der Waals surface area contributed by atoms with Crippen LogP contribution in [0.4, 0.5) is 0 Å². The molecule has 0 saturated carbocycles. The number of pyridine rings is 1. The predicted molar refractivity (Wildman–Crippen MR) is 95.6 cm³/mol. The highest BCUT2D eigenvalue weighted by molar-refractivity contribution is 5.98. The molecule has 0 spiro atoms. The molecule has 3 aromatic rings. The number of aliphatic carboxylic acids is 1. The second kappa shape index (κ2) is 6.84. The van der Waals surface area contributed by atoms with Crippen molar-refractivity contribution in [3.8, 4) is 11.5 Å². The second-order valence-corrected chi connectivity index (χ2v) is 6.02. The Labute approximate surface area is 149 Å². The van der Waals surface area contributed by atoms with Gasteiger partial charge in [0.05, 0.1) is 17.5 Å². The van der Waals surface area contributed by atoms with Crippen molar-refractivity contribution in [2.24, 2.45) is 0 Å². The molecule has 6 nitrogen and oxygen atoms in total. The van der Waals surface area contributed by atoms with E-state index in [-0.39, 0.29) is 29.1 Å². The first-order chi connectivity index (χ1) is 12.4. The lowest BCUT2D eigenvalue weighted by atomic mass is 9.84. The van der Waals surface area contributed by atoms with Gasteiger partial charge in [-0.05, 0) is 36.8 Å². The molecular weight excluding hydrogens is 334 g/mol. The number of para-hydroxylation sites is 1. The number of rotatable bonds is 5. The lowest BCUT2D eigenvalue weighted by molar-refractivity contribution is -0.137. The van der Waals surface area contributed by atoms with Crippen LogP contribution < -0.4 is 0 Å². The van der Waals surface area contributed by atoms with E-state index in [1.54, 1.807) is 30.5 Å². The van der Waals surface area contributed by atoms with Crippen LogP contribution in [0.25, 0.3) is 10.9 Å². The number of carboxylic acids is 1. The van der Waals surface area contributed by atoms with Crippen molar-refractivity contribution in [2.45, 2.75) is 19.3 Å². The smallest absolute Gasteiger partial charge is 0.304 e. The zero-order valence-electron chi connectivity index (χ0n) is 14.0. The van der Waals surface area contributed by atoms with Gasteiger partial charge in [0.2, 0.25) is 0 Å². The van der Waals surface area contributed by atoms with Gasteiger partial charge in [0, 0.05) is 23.1 Å². The van der Waals surface area contributed by atoms with Gasteiger partial charge in [0.15, 0.2) is 5.78 Å². The molecule has 1 aromatic heterocycles. The fourth-order valence-corrected chi connectivity index (χ4v) is 3.19. The van der Waals surface area contributed by atoms with E-state index in [0.717, 1.165) is 0 Å². The normalized spacial score (nSPS) is 12.0. The van der Waals surface area contributed by atoms with E-state index in [1.807, 2.05) is 6.07 Å². The minimum absolute atomic E-state index is 0.0245. The second-order valence-electron chi connectivity index (χ2n) is 6.02. The van der Waals surface area contributed by atoms with Gasteiger partial charge in [0.1, 0.15) is 11.5 Å². The molecule has 1 atom stereocenters. The van der Waals surface area contributed by atoms with E-state index in [4.69, 9.17) is 0 Å². The average molecular weight is 351 g/mol. The topological polar surface area (TPSA) is 108 Å². The van der Waals surface area contributed by atoms with Crippen LogP contribution in [-0.4, -0.2) is 32.1 Å². The Morgan fingerprint density at radius 1 is 1.08 bits per heavy atom. The minimum Gasteiger partial charge on any atom is -0.508 e.